The number of nitrogens with zero attached hydrogens (tertiary/aromatic N) is 1. The van der Waals surface area contributed by atoms with Crippen molar-refractivity contribution in [3.05, 3.63) is 48.5 Å². The van der Waals surface area contributed by atoms with Crippen LogP contribution < -0.4 is 0 Å². The van der Waals surface area contributed by atoms with Gasteiger partial charge in [-0.3, -0.25) is 4.79 Å². The molecule has 2 aromatic carbocycles. The number of para-hydroxylation sites is 1. The second-order valence-electron chi connectivity index (χ2n) is 4.47. The number of carbonyl (C=O) groups excluding carboxylic acids is 1. The zero-order valence-corrected chi connectivity index (χ0v) is 11.4. The van der Waals surface area contributed by atoms with Crippen LogP contribution in [0.15, 0.2) is 53.6 Å². The van der Waals surface area contributed by atoms with Crippen LogP contribution in [0.1, 0.15) is 6.92 Å². The molecule has 2 nitrogen and oxygen atoms in total. The van der Waals surface area contributed by atoms with Crippen LogP contribution >= 0.6 is 11.8 Å². The van der Waals surface area contributed by atoms with E-state index in [-0.39, 0.29) is 5.78 Å². The fourth-order valence-corrected chi connectivity index (χ4v) is 2.99. The Bertz CT molecular complexity index is 767. The molecule has 0 aliphatic heterocycles. The highest BCUT2D eigenvalue weighted by molar-refractivity contribution is 8.00. The number of thioether (sulfide) groups is 1. The predicted octanol–water partition coefficient (Wildman–Crippen LogP) is 4.07. The van der Waals surface area contributed by atoms with Crippen LogP contribution in [0.4, 0.5) is 0 Å². The van der Waals surface area contributed by atoms with Gasteiger partial charge in [-0.1, -0.05) is 54.2 Å². The minimum Gasteiger partial charge on any atom is -0.299 e. The molecule has 0 amide bonds. The van der Waals surface area contributed by atoms with Gasteiger partial charge in [0, 0.05) is 10.8 Å². The number of carbonyl (C=O) groups is 1. The smallest absolute Gasteiger partial charge is 0.140 e. The number of hydrogen-bond acceptors (Lipinski definition) is 3. The van der Waals surface area contributed by atoms with Gasteiger partial charge < -0.3 is 0 Å². The van der Waals surface area contributed by atoms with E-state index in [1.165, 1.54) is 17.1 Å². The van der Waals surface area contributed by atoms with Gasteiger partial charge in [0.1, 0.15) is 10.8 Å². The lowest BCUT2D eigenvalue weighted by Gasteiger charge is -2.08. The van der Waals surface area contributed by atoms with E-state index < -0.39 is 0 Å². The number of pyridine rings is 1. The first-order chi connectivity index (χ1) is 9.25. The third-order valence-electron chi connectivity index (χ3n) is 2.99. The Kier molecular flexibility index (Phi) is 3.22. The number of hydrogen-bond donors (Lipinski definition) is 0. The number of Topliss-reactive ketones (excluding diaryl/α,β-unsaturated/α-hetero) is 1. The lowest BCUT2D eigenvalue weighted by Crippen LogP contribution is -1.95. The van der Waals surface area contributed by atoms with Crippen molar-refractivity contribution in [3.63, 3.8) is 0 Å². The summed E-state index contributed by atoms with van der Waals surface area (Å²) in [7, 11) is 0. The fraction of sp³-hybridized carbons (Fsp3) is 0.125. The van der Waals surface area contributed by atoms with Crippen LogP contribution in [0.25, 0.3) is 21.7 Å². The molecule has 0 aliphatic carbocycles. The molecule has 19 heavy (non-hydrogen) atoms. The van der Waals surface area contributed by atoms with E-state index in [0.29, 0.717) is 5.75 Å². The Morgan fingerprint density at radius 1 is 1.00 bits per heavy atom. The number of rotatable bonds is 3. The van der Waals surface area contributed by atoms with E-state index in [1.54, 1.807) is 6.92 Å². The lowest BCUT2D eigenvalue weighted by molar-refractivity contribution is -0.114. The van der Waals surface area contributed by atoms with E-state index in [9.17, 15) is 4.79 Å². The summed E-state index contributed by atoms with van der Waals surface area (Å²) in [6, 6.07) is 16.3. The first kappa shape index (κ1) is 12.2. The Hall–Kier alpha value is -1.87. The quantitative estimate of drug-likeness (QED) is 0.529. The van der Waals surface area contributed by atoms with E-state index in [0.717, 1.165) is 21.3 Å². The van der Waals surface area contributed by atoms with Crippen LogP contribution in [0, 0.1) is 0 Å². The molecule has 3 heteroatoms. The molecule has 0 atom stereocenters. The molecule has 0 saturated heterocycles. The Balaban J connectivity index is 2.26. The summed E-state index contributed by atoms with van der Waals surface area (Å²) in [5.74, 6) is 0.638. The minimum absolute atomic E-state index is 0.170. The monoisotopic (exact) mass is 267 g/mol. The van der Waals surface area contributed by atoms with Crippen molar-refractivity contribution in [1.82, 2.24) is 4.98 Å². The third kappa shape index (κ3) is 2.34. The number of fused-ring (bicyclic) bond motifs is 3. The molecule has 0 unspecified atom stereocenters. The van der Waals surface area contributed by atoms with Gasteiger partial charge in [-0.25, -0.2) is 4.98 Å². The SMILES string of the molecule is CC(=O)CSc1nc2ccccc2c2ccccc12. The fourth-order valence-electron chi connectivity index (χ4n) is 2.15. The Labute approximate surface area is 115 Å². The van der Waals surface area contributed by atoms with Crippen molar-refractivity contribution in [3.8, 4) is 0 Å². The number of benzene rings is 2. The summed E-state index contributed by atoms with van der Waals surface area (Å²) >= 11 is 1.51. The van der Waals surface area contributed by atoms with Crippen molar-refractivity contribution in [2.45, 2.75) is 11.9 Å². The standard InChI is InChI=1S/C16H13NOS/c1-11(18)10-19-16-14-8-3-2-6-12(14)13-7-4-5-9-15(13)17-16/h2-9H,10H2,1H3. The van der Waals surface area contributed by atoms with E-state index in [4.69, 9.17) is 0 Å². The van der Waals surface area contributed by atoms with Gasteiger partial charge in [0.2, 0.25) is 0 Å². The summed E-state index contributed by atoms with van der Waals surface area (Å²) < 4.78 is 0. The summed E-state index contributed by atoms with van der Waals surface area (Å²) in [5, 5.41) is 4.40. The van der Waals surface area contributed by atoms with Crippen molar-refractivity contribution in [1.29, 1.82) is 0 Å². The zero-order chi connectivity index (χ0) is 13.2. The molecule has 0 aliphatic rings. The van der Waals surface area contributed by atoms with Crippen LogP contribution in [0.2, 0.25) is 0 Å². The van der Waals surface area contributed by atoms with Gasteiger partial charge in [-0.15, -0.1) is 0 Å². The molecule has 3 aromatic rings. The molecular weight excluding hydrogens is 254 g/mol. The zero-order valence-electron chi connectivity index (χ0n) is 10.6. The van der Waals surface area contributed by atoms with Crippen LogP contribution in [0.3, 0.4) is 0 Å². The minimum atomic E-state index is 0.170. The largest absolute Gasteiger partial charge is 0.299 e. The molecule has 0 spiro atoms. The van der Waals surface area contributed by atoms with Crippen molar-refractivity contribution in [2.24, 2.45) is 0 Å². The molecule has 0 N–H and O–H groups in total. The summed E-state index contributed by atoms with van der Waals surface area (Å²) in [6.45, 7) is 1.61. The van der Waals surface area contributed by atoms with Gasteiger partial charge in [0.15, 0.2) is 0 Å². The van der Waals surface area contributed by atoms with Gasteiger partial charge in [0.25, 0.3) is 0 Å². The average Bonchev–Trinajstić information content (AvgIpc) is 2.44. The summed E-state index contributed by atoms with van der Waals surface area (Å²) in [4.78, 5) is 15.9. The van der Waals surface area contributed by atoms with Crippen LogP contribution in [0.5, 0.6) is 0 Å². The van der Waals surface area contributed by atoms with Gasteiger partial charge in [-0.2, -0.15) is 0 Å². The molecule has 1 heterocycles. The maximum Gasteiger partial charge on any atom is 0.140 e. The summed E-state index contributed by atoms with van der Waals surface area (Å²) in [5.41, 5.74) is 0.979. The molecule has 1 aromatic heterocycles. The Morgan fingerprint density at radius 2 is 1.63 bits per heavy atom. The normalized spacial score (nSPS) is 11.0. The van der Waals surface area contributed by atoms with E-state index in [1.807, 2.05) is 30.3 Å². The number of aromatic nitrogens is 1. The molecule has 0 radical (unpaired) electrons. The van der Waals surface area contributed by atoms with Crippen molar-refractivity contribution in [2.75, 3.05) is 5.75 Å². The molecular formula is C16H13NOS. The molecule has 94 valence electrons. The highest BCUT2D eigenvalue weighted by Crippen LogP contribution is 2.31. The van der Waals surface area contributed by atoms with Gasteiger partial charge in [-0.05, 0) is 18.4 Å². The van der Waals surface area contributed by atoms with E-state index in [2.05, 4.69) is 23.2 Å². The van der Waals surface area contributed by atoms with Gasteiger partial charge in [0.05, 0.1) is 11.3 Å². The first-order valence-electron chi connectivity index (χ1n) is 6.15. The second kappa shape index (κ2) is 5.02. The average molecular weight is 267 g/mol. The molecule has 0 saturated carbocycles. The highest BCUT2D eigenvalue weighted by Gasteiger charge is 2.08. The van der Waals surface area contributed by atoms with Crippen LogP contribution in [-0.2, 0) is 4.79 Å². The van der Waals surface area contributed by atoms with Crippen molar-refractivity contribution >= 4 is 39.2 Å². The van der Waals surface area contributed by atoms with E-state index >= 15 is 0 Å². The highest BCUT2D eigenvalue weighted by atomic mass is 32.2. The second-order valence-corrected chi connectivity index (χ2v) is 5.43. The Morgan fingerprint density at radius 3 is 2.37 bits per heavy atom. The molecule has 0 fully saturated rings. The predicted molar refractivity (Wildman–Crippen MR) is 80.7 cm³/mol. The third-order valence-corrected chi connectivity index (χ3v) is 4.12. The van der Waals surface area contributed by atoms with Crippen LogP contribution in [-0.4, -0.2) is 16.5 Å². The van der Waals surface area contributed by atoms with Gasteiger partial charge >= 0.3 is 0 Å². The topological polar surface area (TPSA) is 30.0 Å². The molecule has 3 rings (SSSR count). The maximum atomic E-state index is 11.2. The maximum absolute atomic E-state index is 11.2. The molecule has 0 bridgehead atoms. The number of ketones is 1. The summed E-state index contributed by atoms with van der Waals surface area (Å²) in [6.07, 6.45) is 0. The lowest BCUT2D eigenvalue weighted by atomic mass is 10.1. The van der Waals surface area contributed by atoms with Crippen molar-refractivity contribution < 1.29 is 4.79 Å². The first-order valence-corrected chi connectivity index (χ1v) is 7.14.